The Bertz CT molecular complexity index is 734. The first-order valence-electron chi connectivity index (χ1n) is 9.06. The van der Waals surface area contributed by atoms with Gasteiger partial charge in [-0.2, -0.15) is 0 Å². The SMILES string of the molecule is Fc1ccc(CNC(=S)NC[C@H](c2ccc(F)cc2)[NH+]2CCOCC2)cc1. The predicted molar refractivity (Wildman–Crippen MR) is 104 cm³/mol. The second-order valence-corrected chi connectivity index (χ2v) is 6.97. The molecule has 1 aliphatic heterocycles. The van der Waals surface area contributed by atoms with E-state index in [4.69, 9.17) is 17.0 Å². The van der Waals surface area contributed by atoms with Gasteiger partial charge < -0.3 is 20.3 Å². The minimum Gasteiger partial charge on any atom is -0.370 e. The number of quaternary nitrogens is 1. The number of benzene rings is 2. The van der Waals surface area contributed by atoms with Crippen molar-refractivity contribution in [1.82, 2.24) is 10.6 Å². The number of morpholine rings is 1. The average molecular weight is 392 g/mol. The first kappa shape index (κ1) is 19.7. The molecule has 1 aliphatic rings. The van der Waals surface area contributed by atoms with Crippen molar-refractivity contribution in [2.75, 3.05) is 32.8 Å². The normalized spacial score (nSPS) is 15.9. The third-order valence-electron chi connectivity index (χ3n) is 4.73. The van der Waals surface area contributed by atoms with Gasteiger partial charge in [-0.05, 0) is 42.0 Å². The lowest BCUT2D eigenvalue weighted by atomic mass is 10.0. The monoisotopic (exact) mass is 392 g/mol. The van der Waals surface area contributed by atoms with E-state index < -0.39 is 0 Å². The van der Waals surface area contributed by atoms with Gasteiger partial charge in [-0.25, -0.2) is 8.78 Å². The fourth-order valence-electron chi connectivity index (χ4n) is 3.22. The molecule has 0 spiro atoms. The Morgan fingerprint density at radius 1 is 0.963 bits per heavy atom. The van der Waals surface area contributed by atoms with Crippen LogP contribution >= 0.6 is 12.2 Å². The van der Waals surface area contributed by atoms with E-state index in [0.29, 0.717) is 18.2 Å². The fraction of sp³-hybridized carbons (Fsp3) is 0.350. The van der Waals surface area contributed by atoms with Gasteiger partial charge >= 0.3 is 0 Å². The summed E-state index contributed by atoms with van der Waals surface area (Å²) in [5.41, 5.74) is 2.02. The smallest absolute Gasteiger partial charge is 0.166 e. The summed E-state index contributed by atoms with van der Waals surface area (Å²) in [6, 6.07) is 13.1. The summed E-state index contributed by atoms with van der Waals surface area (Å²) in [6.45, 7) is 4.41. The van der Waals surface area contributed by atoms with E-state index in [-0.39, 0.29) is 17.7 Å². The van der Waals surface area contributed by atoms with Crippen molar-refractivity contribution in [3.63, 3.8) is 0 Å². The summed E-state index contributed by atoms with van der Waals surface area (Å²) in [4.78, 5) is 1.39. The Kier molecular flexibility index (Phi) is 7.09. The summed E-state index contributed by atoms with van der Waals surface area (Å²) in [5.74, 6) is -0.492. The molecule has 0 radical (unpaired) electrons. The van der Waals surface area contributed by atoms with Crippen LogP contribution in [0, 0.1) is 11.6 Å². The molecule has 2 aromatic carbocycles. The summed E-state index contributed by atoms with van der Waals surface area (Å²) >= 11 is 5.38. The molecule has 3 rings (SSSR count). The lowest BCUT2D eigenvalue weighted by Gasteiger charge is -2.32. The first-order valence-corrected chi connectivity index (χ1v) is 9.46. The van der Waals surface area contributed by atoms with Crippen molar-refractivity contribution >= 4 is 17.3 Å². The highest BCUT2D eigenvalue weighted by atomic mass is 32.1. The topological polar surface area (TPSA) is 37.7 Å². The molecule has 0 bridgehead atoms. The maximum Gasteiger partial charge on any atom is 0.166 e. The van der Waals surface area contributed by atoms with Gasteiger partial charge in [-0.15, -0.1) is 0 Å². The molecule has 27 heavy (non-hydrogen) atoms. The summed E-state index contributed by atoms with van der Waals surface area (Å²) in [7, 11) is 0. The Morgan fingerprint density at radius 2 is 1.56 bits per heavy atom. The Morgan fingerprint density at radius 3 is 2.19 bits per heavy atom. The zero-order valence-corrected chi connectivity index (χ0v) is 15.8. The molecule has 0 amide bonds. The molecular weight excluding hydrogens is 368 g/mol. The zero-order valence-electron chi connectivity index (χ0n) is 15.0. The number of halogens is 2. The van der Waals surface area contributed by atoms with E-state index in [0.717, 1.165) is 37.4 Å². The molecule has 1 fully saturated rings. The van der Waals surface area contributed by atoms with Crippen LogP contribution in [-0.4, -0.2) is 38.0 Å². The van der Waals surface area contributed by atoms with Gasteiger partial charge in [0.15, 0.2) is 5.11 Å². The van der Waals surface area contributed by atoms with E-state index in [1.807, 2.05) is 12.1 Å². The van der Waals surface area contributed by atoms with Gasteiger partial charge in [0.2, 0.25) is 0 Å². The van der Waals surface area contributed by atoms with Crippen molar-refractivity contribution in [2.45, 2.75) is 12.6 Å². The molecule has 0 saturated carbocycles. The molecule has 2 aromatic rings. The molecule has 7 heteroatoms. The molecule has 1 heterocycles. The van der Waals surface area contributed by atoms with Crippen LogP contribution in [0.3, 0.4) is 0 Å². The minimum atomic E-state index is -0.255. The maximum absolute atomic E-state index is 13.3. The summed E-state index contributed by atoms with van der Waals surface area (Å²) in [5, 5.41) is 6.95. The molecule has 0 unspecified atom stereocenters. The van der Waals surface area contributed by atoms with Crippen LogP contribution in [-0.2, 0) is 11.3 Å². The Hall–Kier alpha value is -2.09. The number of hydrogen-bond donors (Lipinski definition) is 3. The van der Waals surface area contributed by atoms with Gasteiger partial charge in [0.05, 0.1) is 19.8 Å². The minimum absolute atomic E-state index is 0.153. The van der Waals surface area contributed by atoms with Crippen LogP contribution in [0.4, 0.5) is 8.78 Å². The molecule has 0 aliphatic carbocycles. The highest BCUT2D eigenvalue weighted by Crippen LogP contribution is 2.11. The van der Waals surface area contributed by atoms with Gasteiger partial charge in [0.25, 0.3) is 0 Å². The molecular formula is C20H24F2N3OS+. The van der Waals surface area contributed by atoms with Crippen LogP contribution in [0.5, 0.6) is 0 Å². The van der Waals surface area contributed by atoms with E-state index in [1.165, 1.54) is 29.2 Å². The number of rotatable bonds is 6. The highest BCUT2D eigenvalue weighted by Gasteiger charge is 2.26. The van der Waals surface area contributed by atoms with Crippen LogP contribution < -0.4 is 15.5 Å². The fourth-order valence-corrected chi connectivity index (χ4v) is 3.37. The average Bonchev–Trinajstić information content (AvgIpc) is 2.70. The third-order valence-corrected chi connectivity index (χ3v) is 5.02. The van der Waals surface area contributed by atoms with E-state index >= 15 is 0 Å². The lowest BCUT2D eigenvalue weighted by molar-refractivity contribution is -0.937. The first-order chi connectivity index (χ1) is 13.1. The second-order valence-electron chi connectivity index (χ2n) is 6.56. The molecule has 0 aromatic heterocycles. The van der Waals surface area contributed by atoms with Crippen molar-refractivity contribution in [3.05, 3.63) is 71.3 Å². The number of thiocarbonyl (C=S) groups is 1. The molecule has 3 N–H and O–H groups in total. The number of nitrogens with one attached hydrogen (secondary N) is 3. The molecule has 4 nitrogen and oxygen atoms in total. The van der Waals surface area contributed by atoms with Crippen LogP contribution in [0.1, 0.15) is 17.2 Å². The lowest BCUT2D eigenvalue weighted by Crippen LogP contribution is -3.15. The Balaban J connectivity index is 1.57. The van der Waals surface area contributed by atoms with E-state index in [1.54, 1.807) is 12.1 Å². The predicted octanol–water partition coefficient (Wildman–Crippen LogP) is 1.59. The van der Waals surface area contributed by atoms with Gasteiger partial charge in [0.1, 0.15) is 30.8 Å². The van der Waals surface area contributed by atoms with Crippen molar-refractivity contribution < 1.29 is 18.4 Å². The van der Waals surface area contributed by atoms with E-state index in [9.17, 15) is 8.78 Å². The number of ether oxygens (including phenoxy) is 1. The van der Waals surface area contributed by atoms with Gasteiger partial charge in [0, 0.05) is 12.1 Å². The summed E-state index contributed by atoms with van der Waals surface area (Å²) < 4.78 is 31.7. The third kappa shape index (κ3) is 5.95. The standard InChI is InChI=1S/C20H23F2N3OS/c21-17-5-1-15(2-6-17)13-23-20(27)24-14-19(25-9-11-26-12-10-25)16-3-7-18(22)8-4-16/h1-8,19H,9-14H2,(H2,23,24,27)/p+1/t19-/m1/s1. The summed E-state index contributed by atoms with van der Waals surface area (Å²) in [6.07, 6.45) is 0. The van der Waals surface area contributed by atoms with Crippen molar-refractivity contribution in [3.8, 4) is 0 Å². The number of hydrogen-bond acceptors (Lipinski definition) is 2. The van der Waals surface area contributed by atoms with Crippen molar-refractivity contribution in [1.29, 1.82) is 0 Å². The molecule has 1 saturated heterocycles. The van der Waals surface area contributed by atoms with Crippen molar-refractivity contribution in [2.24, 2.45) is 0 Å². The largest absolute Gasteiger partial charge is 0.370 e. The zero-order chi connectivity index (χ0) is 19.1. The second kappa shape index (κ2) is 9.73. The van der Waals surface area contributed by atoms with E-state index in [2.05, 4.69) is 10.6 Å². The van der Waals surface area contributed by atoms with Crippen LogP contribution in [0.25, 0.3) is 0 Å². The quantitative estimate of drug-likeness (QED) is 0.653. The van der Waals surface area contributed by atoms with Gasteiger partial charge in [-0.3, -0.25) is 0 Å². The highest BCUT2D eigenvalue weighted by molar-refractivity contribution is 7.80. The molecule has 144 valence electrons. The van der Waals surface area contributed by atoms with Gasteiger partial charge in [-0.1, -0.05) is 24.3 Å². The van der Waals surface area contributed by atoms with Crippen LogP contribution in [0.2, 0.25) is 0 Å². The van der Waals surface area contributed by atoms with Crippen LogP contribution in [0.15, 0.2) is 48.5 Å². The Labute approximate surface area is 163 Å². The molecule has 1 atom stereocenters. The maximum atomic E-state index is 13.3.